The van der Waals surface area contributed by atoms with Crippen LogP contribution in [0.5, 0.6) is 0 Å². The second-order valence-corrected chi connectivity index (χ2v) is 8.00. The van der Waals surface area contributed by atoms with Crippen LogP contribution in [-0.2, 0) is 16.4 Å². The van der Waals surface area contributed by atoms with Gasteiger partial charge in [-0.15, -0.1) is 0 Å². The van der Waals surface area contributed by atoms with Crippen molar-refractivity contribution < 1.29 is 4.57 Å². The molecular weight excluding hydrogens is 152 g/mol. The smallest absolute Gasteiger partial charge is 0.270 e. The van der Waals surface area contributed by atoms with Crippen LogP contribution in [0.15, 0.2) is 0 Å². The standard InChI is InChI=1S/H3N3OP2S/c4-5-1-6(7,2-5)3-5/h(H3,1,2,3,4,7). The SMILES string of the molecule is O=P12NP(=S)(N1)N2. The van der Waals surface area contributed by atoms with Crippen LogP contribution in [0.4, 0.5) is 0 Å². The van der Waals surface area contributed by atoms with E-state index in [4.69, 9.17) is 11.8 Å². The average molecular weight is 155 g/mol. The predicted molar refractivity (Wildman–Crippen MR) is 31.3 cm³/mol. The summed E-state index contributed by atoms with van der Waals surface area (Å²) in [6.07, 6.45) is 0. The van der Waals surface area contributed by atoms with Gasteiger partial charge in [-0.2, -0.15) is 14.6 Å². The van der Waals surface area contributed by atoms with Crippen LogP contribution < -0.4 is 14.6 Å². The lowest BCUT2D eigenvalue weighted by Gasteiger charge is -2.54. The van der Waals surface area contributed by atoms with E-state index in [1.165, 1.54) is 0 Å². The Balaban J connectivity index is 2.47. The predicted octanol–water partition coefficient (Wildman–Crippen LogP) is 0.115. The van der Waals surface area contributed by atoms with Crippen molar-refractivity contribution in [3.63, 3.8) is 0 Å². The average Bonchev–Trinajstić information content (AvgIpc) is 1.27. The minimum absolute atomic E-state index is 1.57. The highest BCUT2D eigenvalue weighted by atomic mass is 32.5. The third-order valence-corrected chi connectivity index (χ3v) is 9.81. The summed E-state index contributed by atoms with van der Waals surface area (Å²) in [5.74, 6) is 0. The van der Waals surface area contributed by atoms with Gasteiger partial charge in [-0.05, 0) is 11.8 Å². The van der Waals surface area contributed by atoms with Crippen molar-refractivity contribution in [3.8, 4) is 0 Å². The lowest BCUT2D eigenvalue weighted by Crippen LogP contribution is -2.57. The molecule has 7 heteroatoms. The van der Waals surface area contributed by atoms with Crippen molar-refractivity contribution >= 4 is 25.9 Å². The molecule has 0 radical (unpaired) electrons. The summed E-state index contributed by atoms with van der Waals surface area (Å²) in [5, 5.41) is 0. The van der Waals surface area contributed by atoms with Crippen molar-refractivity contribution in [2.45, 2.75) is 0 Å². The van der Waals surface area contributed by atoms with Crippen molar-refractivity contribution in [1.29, 1.82) is 0 Å². The van der Waals surface area contributed by atoms with Gasteiger partial charge in [0.25, 0.3) is 7.59 Å². The molecule has 2 bridgehead atoms. The maximum absolute atomic E-state index is 10.6. The first-order valence-corrected chi connectivity index (χ1v) is 6.22. The molecule has 3 fully saturated rings. The molecule has 3 aliphatic rings. The summed E-state index contributed by atoms with van der Waals surface area (Å²) in [6, 6.07) is 0. The summed E-state index contributed by atoms with van der Waals surface area (Å²) in [4.78, 5) is 8.15. The molecule has 0 amide bonds. The van der Waals surface area contributed by atoms with Gasteiger partial charge < -0.3 is 0 Å². The molecule has 0 aromatic carbocycles. The van der Waals surface area contributed by atoms with Gasteiger partial charge in [-0.1, -0.05) is 0 Å². The molecule has 3 rings (SSSR count). The van der Waals surface area contributed by atoms with Crippen molar-refractivity contribution in [3.05, 3.63) is 0 Å². The second kappa shape index (κ2) is 0.903. The summed E-state index contributed by atoms with van der Waals surface area (Å²) in [7, 11) is -2.19. The lowest BCUT2D eigenvalue weighted by molar-refractivity contribution is 0.554. The molecule has 0 aromatic rings. The van der Waals surface area contributed by atoms with E-state index >= 15 is 0 Å². The normalized spacial score (nSPS) is 65.7. The van der Waals surface area contributed by atoms with E-state index in [9.17, 15) is 4.57 Å². The van der Waals surface area contributed by atoms with Gasteiger partial charge in [-0.3, -0.25) is 4.57 Å². The summed E-state index contributed by atoms with van der Waals surface area (Å²) >= 11 is 4.82. The molecule has 40 valence electrons. The first kappa shape index (κ1) is 4.62. The largest absolute Gasteiger partial charge is 0.296 e. The summed E-state index contributed by atoms with van der Waals surface area (Å²) in [6.45, 7) is -1.57. The Morgan fingerprint density at radius 2 is 1.71 bits per heavy atom. The first-order valence-electron chi connectivity index (χ1n) is 1.71. The molecule has 0 aliphatic carbocycles. The fourth-order valence-electron chi connectivity index (χ4n) is 0.595. The molecule has 0 atom stereocenters. The van der Waals surface area contributed by atoms with Gasteiger partial charge in [0.1, 0.15) is 0 Å². The highest BCUT2D eigenvalue weighted by molar-refractivity contribution is 8.27. The minimum atomic E-state index is -2.19. The third kappa shape index (κ3) is 0.435. The van der Waals surface area contributed by atoms with Crippen LogP contribution in [0.1, 0.15) is 0 Å². The molecule has 7 heavy (non-hydrogen) atoms. The second-order valence-electron chi connectivity index (χ2n) is 1.52. The fourth-order valence-corrected chi connectivity index (χ4v) is 8.46. The highest BCUT2D eigenvalue weighted by Gasteiger charge is 2.58. The first-order chi connectivity index (χ1) is 3.12. The molecule has 0 spiro atoms. The summed E-state index contributed by atoms with van der Waals surface area (Å²) in [5.41, 5.74) is 0. The topological polar surface area (TPSA) is 53.2 Å². The Labute approximate surface area is 45.8 Å². The lowest BCUT2D eigenvalue weighted by atomic mass is 13.7. The Morgan fingerprint density at radius 3 is 1.71 bits per heavy atom. The molecule has 3 N–H and O–H groups in total. The zero-order valence-electron chi connectivity index (χ0n) is 3.21. The van der Waals surface area contributed by atoms with E-state index in [2.05, 4.69) is 14.6 Å². The van der Waals surface area contributed by atoms with Gasteiger partial charge >= 0.3 is 0 Å². The van der Waals surface area contributed by atoms with Crippen LogP contribution in [0.3, 0.4) is 0 Å². The Kier molecular flexibility index (Phi) is 0.596. The molecule has 3 saturated heterocycles. The molecule has 3 heterocycles. The third-order valence-electron chi connectivity index (χ3n) is 0.845. The van der Waals surface area contributed by atoms with E-state index in [1.807, 2.05) is 0 Å². The van der Waals surface area contributed by atoms with E-state index in [0.717, 1.165) is 0 Å². The zero-order valence-corrected chi connectivity index (χ0v) is 5.82. The van der Waals surface area contributed by atoms with Gasteiger partial charge in [0.15, 0.2) is 6.49 Å². The molecule has 0 aromatic heterocycles. The van der Waals surface area contributed by atoms with Crippen molar-refractivity contribution in [2.75, 3.05) is 0 Å². The van der Waals surface area contributed by atoms with Gasteiger partial charge in [0.2, 0.25) is 0 Å². The molecule has 0 unspecified atom stereocenters. The van der Waals surface area contributed by atoms with Crippen LogP contribution in [0.25, 0.3) is 0 Å². The monoisotopic (exact) mass is 155 g/mol. The van der Waals surface area contributed by atoms with Crippen LogP contribution in [0.2, 0.25) is 0 Å². The van der Waals surface area contributed by atoms with Crippen LogP contribution >= 0.6 is 14.1 Å². The van der Waals surface area contributed by atoms with Gasteiger partial charge in [0.05, 0.1) is 0 Å². The molecule has 3 aliphatic heterocycles. The molecule has 0 saturated carbocycles. The Hall–Kier alpha value is 0.760. The quantitative estimate of drug-likeness (QED) is 0.433. The number of hydrogen-bond acceptors (Lipinski definition) is 2. The van der Waals surface area contributed by atoms with Crippen LogP contribution in [-0.4, -0.2) is 0 Å². The molecular formula is H3N3OP2S. The van der Waals surface area contributed by atoms with E-state index in [1.54, 1.807) is 0 Å². The number of nitrogens with one attached hydrogen (secondary N) is 3. The minimum Gasteiger partial charge on any atom is -0.270 e. The van der Waals surface area contributed by atoms with Crippen molar-refractivity contribution in [2.24, 2.45) is 0 Å². The highest BCUT2D eigenvalue weighted by Crippen LogP contribution is 2.77. The Morgan fingerprint density at radius 1 is 1.29 bits per heavy atom. The van der Waals surface area contributed by atoms with E-state index in [0.29, 0.717) is 0 Å². The van der Waals surface area contributed by atoms with E-state index in [-0.39, 0.29) is 0 Å². The summed E-state index contributed by atoms with van der Waals surface area (Å²) < 4.78 is 10.6. The van der Waals surface area contributed by atoms with Gasteiger partial charge in [0, 0.05) is 0 Å². The maximum atomic E-state index is 10.6. The Bertz CT molecular complexity index is 156. The molecule has 4 nitrogen and oxygen atoms in total. The maximum Gasteiger partial charge on any atom is 0.296 e. The zero-order chi connectivity index (χ0) is 5.12. The van der Waals surface area contributed by atoms with E-state index < -0.39 is 14.1 Å². The number of rotatable bonds is 0. The van der Waals surface area contributed by atoms with Crippen LogP contribution in [0, 0.1) is 0 Å². The van der Waals surface area contributed by atoms with Gasteiger partial charge in [-0.25, -0.2) is 0 Å². The van der Waals surface area contributed by atoms with Crippen molar-refractivity contribution in [1.82, 2.24) is 14.6 Å². The fraction of sp³-hybridized carbons (Fsp3) is 0. The number of hydrogen-bond donors (Lipinski definition) is 3.